The van der Waals surface area contributed by atoms with Crippen molar-refractivity contribution in [2.24, 2.45) is 22.7 Å². The van der Waals surface area contributed by atoms with Crippen molar-refractivity contribution >= 4 is 5.78 Å². The Morgan fingerprint density at radius 1 is 1.02 bits per heavy atom. The first-order valence-electron chi connectivity index (χ1n) is 18.0. The smallest absolute Gasteiger partial charge is 0.135 e. The summed E-state index contributed by atoms with van der Waals surface area (Å²) >= 11 is 0. The van der Waals surface area contributed by atoms with Crippen molar-refractivity contribution < 1.29 is 9.53 Å². The zero-order valence-corrected chi connectivity index (χ0v) is 28.5. The number of allylic oxidation sites excluding steroid dienone is 4. The molecular weight excluding hydrogens is 538 g/mol. The number of carbonyl (C=O) groups excluding carboxylic acids is 1. The highest BCUT2D eigenvalue weighted by molar-refractivity contribution is 5.82. The number of ether oxygens (including phenoxy) is 1. The molecule has 44 heavy (non-hydrogen) atoms. The third kappa shape index (κ3) is 6.35. The van der Waals surface area contributed by atoms with Crippen LogP contribution in [0.2, 0.25) is 0 Å². The number of nitrogens with zero attached hydrogens (tertiary/aromatic N) is 1. The highest BCUT2D eigenvalue weighted by atomic mass is 16.5. The summed E-state index contributed by atoms with van der Waals surface area (Å²) < 4.78 is 6.50. The molecule has 0 bridgehead atoms. The molecule has 0 aromatic heterocycles. The van der Waals surface area contributed by atoms with Gasteiger partial charge >= 0.3 is 0 Å². The molecule has 238 valence electrons. The van der Waals surface area contributed by atoms with E-state index in [0.29, 0.717) is 23.0 Å². The second-order valence-electron chi connectivity index (χ2n) is 17.5. The fourth-order valence-electron chi connectivity index (χ4n) is 9.36. The number of carbonyl (C=O) groups is 1. The van der Waals surface area contributed by atoms with Crippen LogP contribution in [0.3, 0.4) is 0 Å². The number of hydrogen-bond acceptors (Lipinski definition) is 3. The van der Waals surface area contributed by atoms with Gasteiger partial charge in [-0.15, -0.1) is 0 Å². The van der Waals surface area contributed by atoms with Crippen LogP contribution < -0.4 is 0 Å². The van der Waals surface area contributed by atoms with Crippen molar-refractivity contribution in [2.45, 2.75) is 136 Å². The van der Waals surface area contributed by atoms with E-state index in [1.165, 1.54) is 36.8 Å². The van der Waals surface area contributed by atoms with Gasteiger partial charge in [0.2, 0.25) is 0 Å². The lowest BCUT2D eigenvalue weighted by Crippen LogP contribution is -2.63. The van der Waals surface area contributed by atoms with Gasteiger partial charge in [0.25, 0.3) is 0 Å². The maximum absolute atomic E-state index is 12.2. The average Bonchev–Trinajstić information content (AvgIpc) is 3.89. The van der Waals surface area contributed by atoms with Crippen LogP contribution in [-0.4, -0.2) is 36.0 Å². The molecule has 3 atom stereocenters. The lowest BCUT2D eigenvalue weighted by Gasteiger charge is -2.52. The van der Waals surface area contributed by atoms with E-state index in [-0.39, 0.29) is 11.0 Å². The molecule has 1 spiro atoms. The molecule has 0 radical (unpaired) electrons. The molecule has 4 fully saturated rings. The van der Waals surface area contributed by atoms with Crippen LogP contribution in [0.15, 0.2) is 47.6 Å². The molecule has 0 amide bonds. The van der Waals surface area contributed by atoms with Gasteiger partial charge in [0.1, 0.15) is 5.78 Å². The lowest BCUT2D eigenvalue weighted by molar-refractivity contribution is -0.146. The third-order valence-corrected chi connectivity index (χ3v) is 12.3. The lowest BCUT2D eigenvalue weighted by atomic mass is 9.66. The number of likely N-dealkylation sites (tertiary alicyclic amines) is 1. The first-order chi connectivity index (χ1) is 20.9. The molecule has 1 aromatic rings. The van der Waals surface area contributed by atoms with Gasteiger partial charge in [-0.05, 0) is 123 Å². The average molecular weight is 596 g/mol. The fraction of sp³-hybridized carbons (Fsp3) is 0.683. The highest BCUT2D eigenvalue weighted by Gasteiger charge is 2.48. The molecule has 7 rings (SSSR count). The summed E-state index contributed by atoms with van der Waals surface area (Å²) in [7, 11) is 0. The van der Waals surface area contributed by atoms with E-state index in [1.54, 1.807) is 29.2 Å². The van der Waals surface area contributed by atoms with E-state index in [2.05, 4.69) is 76.0 Å². The molecule has 4 aliphatic carbocycles. The summed E-state index contributed by atoms with van der Waals surface area (Å²) in [5.41, 5.74) is 9.95. The standard InChI is InChI=1S/C41H57NO2/c1-27-7-9-32(10-8-27)38-36(31-11-12-31)19-29(20-37(38)35-21-34(35)22-39(3,4)5)24-42-25-41(26-42)23-33(15-18-44-41)30-13-16-40(6,17-14-30)28(2)43/h7-9,15,19-20,30-32,34-35H,10-14,16-18,21-26H2,1-6H3. The zero-order chi connectivity index (χ0) is 30.9. The topological polar surface area (TPSA) is 29.5 Å². The second kappa shape index (κ2) is 11.4. The molecule has 3 unspecified atom stereocenters. The first kappa shape index (κ1) is 30.7. The van der Waals surface area contributed by atoms with Gasteiger partial charge in [-0.1, -0.05) is 75.3 Å². The zero-order valence-electron chi connectivity index (χ0n) is 28.5. The number of rotatable bonds is 8. The number of benzene rings is 1. The Balaban J connectivity index is 1.06. The maximum atomic E-state index is 12.2. The Hall–Kier alpha value is -1.97. The van der Waals surface area contributed by atoms with Crippen molar-refractivity contribution in [1.29, 1.82) is 0 Å². The van der Waals surface area contributed by atoms with E-state index in [9.17, 15) is 4.79 Å². The van der Waals surface area contributed by atoms with Gasteiger partial charge in [-0.3, -0.25) is 9.69 Å². The van der Waals surface area contributed by atoms with Crippen molar-refractivity contribution in [1.82, 2.24) is 4.90 Å². The molecule has 3 nitrogen and oxygen atoms in total. The number of ketones is 1. The van der Waals surface area contributed by atoms with Crippen molar-refractivity contribution in [3.8, 4) is 0 Å². The Morgan fingerprint density at radius 2 is 1.75 bits per heavy atom. The molecule has 3 saturated carbocycles. The fourth-order valence-corrected chi connectivity index (χ4v) is 9.36. The molecule has 1 saturated heterocycles. The van der Waals surface area contributed by atoms with Crippen LogP contribution in [0.25, 0.3) is 0 Å². The summed E-state index contributed by atoms with van der Waals surface area (Å²) in [4.78, 5) is 14.9. The van der Waals surface area contributed by atoms with Gasteiger partial charge in [0.15, 0.2) is 0 Å². The van der Waals surface area contributed by atoms with Gasteiger partial charge in [0.05, 0.1) is 12.2 Å². The summed E-state index contributed by atoms with van der Waals surface area (Å²) in [6, 6.07) is 5.28. The van der Waals surface area contributed by atoms with Crippen molar-refractivity contribution in [3.63, 3.8) is 0 Å². The summed E-state index contributed by atoms with van der Waals surface area (Å²) in [5, 5.41) is 0. The van der Waals surface area contributed by atoms with Crippen LogP contribution >= 0.6 is 0 Å². The normalized spacial score (nSPS) is 33.5. The third-order valence-electron chi connectivity index (χ3n) is 12.3. The van der Waals surface area contributed by atoms with Crippen LogP contribution in [0.1, 0.15) is 146 Å². The highest BCUT2D eigenvalue weighted by Crippen LogP contribution is 2.57. The summed E-state index contributed by atoms with van der Waals surface area (Å²) in [6.45, 7) is 17.4. The quantitative estimate of drug-likeness (QED) is 0.280. The largest absolute Gasteiger partial charge is 0.368 e. The van der Waals surface area contributed by atoms with E-state index in [1.807, 2.05) is 0 Å². The number of Topliss-reactive ketones (excluding diaryl/α,β-unsaturated/α-hetero) is 1. The molecular formula is C41H57NO2. The maximum Gasteiger partial charge on any atom is 0.135 e. The van der Waals surface area contributed by atoms with E-state index in [4.69, 9.17) is 4.74 Å². The second-order valence-corrected chi connectivity index (χ2v) is 17.5. The minimum Gasteiger partial charge on any atom is -0.368 e. The van der Waals surface area contributed by atoms with Crippen LogP contribution in [0.5, 0.6) is 0 Å². The predicted octanol–water partition coefficient (Wildman–Crippen LogP) is 9.78. The Morgan fingerprint density at radius 3 is 2.39 bits per heavy atom. The first-order valence-corrected chi connectivity index (χ1v) is 18.0. The van der Waals surface area contributed by atoms with E-state index >= 15 is 0 Å². The van der Waals surface area contributed by atoms with E-state index < -0.39 is 0 Å². The molecule has 0 N–H and O–H groups in total. The van der Waals surface area contributed by atoms with Crippen LogP contribution in [0.4, 0.5) is 0 Å². The van der Waals surface area contributed by atoms with Gasteiger partial charge in [-0.2, -0.15) is 0 Å². The Bertz CT molecular complexity index is 1370. The Kier molecular flexibility index (Phi) is 7.93. The summed E-state index contributed by atoms with van der Waals surface area (Å²) in [5.74, 6) is 3.89. The summed E-state index contributed by atoms with van der Waals surface area (Å²) in [6.07, 6.45) is 21.8. The van der Waals surface area contributed by atoms with Gasteiger partial charge in [-0.25, -0.2) is 0 Å². The molecule has 3 heteroatoms. The van der Waals surface area contributed by atoms with Crippen molar-refractivity contribution in [3.05, 3.63) is 69.8 Å². The minimum atomic E-state index is -0.100. The molecule has 2 heterocycles. The van der Waals surface area contributed by atoms with Crippen LogP contribution in [-0.2, 0) is 16.1 Å². The number of hydrogen-bond donors (Lipinski definition) is 0. The van der Waals surface area contributed by atoms with Crippen molar-refractivity contribution in [2.75, 3.05) is 19.7 Å². The predicted molar refractivity (Wildman–Crippen MR) is 181 cm³/mol. The Labute approximate surface area is 267 Å². The molecule has 6 aliphatic rings. The van der Waals surface area contributed by atoms with Crippen LogP contribution in [0, 0.1) is 22.7 Å². The van der Waals surface area contributed by atoms with E-state index in [0.717, 1.165) is 82.5 Å². The molecule has 2 aliphatic heterocycles. The van der Waals surface area contributed by atoms with Gasteiger partial charge in [0, 0.05) is 37.4 Å². The van der Waals surface area contributed by atoms with Gasteiger partial charge < -0.3 is 4.74 Å². The monoisotopic (exact) mass is 595 g/mol. The SMILES string of the molecule is CC(=O)C1(C)CCC(C2=CCOC3(C2)CN(Cc2cc(C4CC4)c(C4C=CC(C)=CC4)c(C4CC4CC(C)(C)C)c2)C3)CC1. The molecule has 1 aromatic carbocycles. The minimum absolute atomic E-state index is 0.00111.